The smallest absolute Gasteiger partial charge is 0.326 e. The fourth-order valence-electron chi connectivity index (χ4n) is 2.85. The van der Waals surface area contributed by atoms with Crippen molar-refractivity contribution in [2.75, 3.05) is 12.0 Å². The van der Waals surface area contributed by atoms with Crippen LogP contribution in [-0.4, -0.2) is 74.9 Å². The molecule has 0 fully saturated rings. The van der Waals surface area contributed by atoms with Crippen molar-refractivity contribution >= 4 is 35.5 Å². The summed E-state index contributed by atoms with van der Waals surface area (Å²) < 4.78 is 0. The van der Waals surface area contributed by atoms with Gasteiger partial charge in [-0.2, -0.15) is 11.8 Å². The zero-order chi connectivity index (χ0) is 24.3. The maximum absolute atomic E-state index is 12.7. The maximum atomic E-state index is 12.7. The van der Waals surface area contributed by atoms with Gasteiger partial charge in [-0.15, -0.1) is 0 Å². The largest absolute Gasteiger partial charge is 0.480 e. The van der Waals surface area contributed by atoms with Crippen molar-refractivity contribution in [2.24, 2.45) is 11.7 Å². The molecule has 1 aromatic heterocycles. The van der Waals surface area contributed by atoms with E-state index < -0.39 is 47.9 Å². The molecule has 1 heterocycles. The Morgan fingerprint density at radius 1 is 1.16 bits per heavy atom. The number of aliphatic carboxylic acids is 1. The van der Waals surface area contributed by atoms with Gasteiger partial charge < -0.3 is 31.8 Å². The van der Waals surface area contributed by atoms with E-state index in [1.807, 2.05) is 13.2 Å². The van der Waals surface area contributed by atoms with Crippen LogP contribution in [0.4, 0.5) is 0 Å². The number of thioether (sulfide) groups is 1. The second-order valence-electron chi connectivity index (χ2n) is 7.67. The van der Waals surface area contributed by atoms with Crippen LogP contribution in [0.15, 0.2) is 12.5 Å². The summed E-state index contributed by atoms with van der Waals surface area (Å²) in [5.41, 5.74) is 6.57. The number of hydrogen-bond donors (Lipinski definition) is 6. The molecule has 11 nitrogen and oxygen atoms in total. The molecule has 7 N–H and O–H groups in total. The monoisotopic (exact) mass is 470 g/mol. The van der Waals surface area contributed by atoms with Crippen LogP contribution >= 0.6 is 11.8 Å². The summed E-state index contributed by atoms with van der Waals surface area (Å²) in [5, 5.41) is 17.1. The van der Waals surface area contributed by atoms with Gasteiger partial charge in [0.2, 0.25) is 17.7 Å². The van der Waals surface area contributed by atoms with Gasteiger partial charge >= 0.3 is 5.97 Å². The molecule has 32 heavy (non-hydrogen) atoms. The van der Waals surface area contributed by atoms with Gasteiger partial charge in [0.15, 0.2) is 0 Å². The molecule has 0 aliphatic heterocycles. The van der Waals surface area contributed by atoms with E-state index in [2.05, 4.69) is 25.9 Å². The van der Waals surface area contributed by atoms with Crippen LogP contribution in [-0.2, 0) is 25.6 Å². The molecular weight excluding hydrogens is 436 g/mol. The third kappa shape index (κ3) is 8.87. The normalized spacial score (nSPS) is 15.7. The summed E-state index contributed by atoms with van der Waals surface area (Å²) >= 11 is 1.49. The summed E-state index contributed by atoms with van der Waals surface area (Å²) in [5.74, 6) is -2.49. The van der Waals surface area contributed by atoms with E-state index in [0.717, 1.165) is 0 Å². The lowest BCUT2D eigenvalue weighted by Gasteiger charge is -2.25. The number of H-pyrrole nitrogens is 1. The lowest BCUT2D eigenvalue weighted by Crippen LogP contribution is -2.57. The molecule has 0 spiro atoms. The number of nitrogens with two attached hydrogens (primary N) is 1. The van der Waals surface area contributed by atoms with E-state index in [1.165, 1.54) is 25.0 Å². The molecule has 5 atom stereocenters. The van der Waals surface area contributed by atoms with Crippen molar-refractivity contribution in [3.8, 4) is 0 Å². The number of carboxylic acid groups (broad SMARTS) is 1. The number of aromatic amines is 1. The zero-order valence-corrected chi connectivity index (χ0v) is 19.7. The summed E-state index contributed by atoms with van der Waals surface area (Å²) in [4.78, 5) is 55.9. The molecule has 0 aliphatic rings. The lowest BCUT2D eigenvalue weighted by molar-refractivity contribution is -0.143. The molecule has 0 saturated heterocycles. The number of hydrogen-bond acceptors (Lipinski definition) is 7. The van der Waals surface area contributed by atoms with Crippen molar-refractivity contribution in [3.05, 3.63) is 18.2 Å². The maximum Gasteiger partial charge on any atom is 0.326 e. The standard InChI is InChI=1S/C20H34N6O5S/c1-5-11(2)16(20(30)31)26-19(29)15(6-7-32-4)25-17(27)12(3)24-18(28)14(21)8-13-9-22-10-23-13/h9-12,14-16H,5-8,21H2,1-4H3,(H,22,23)(H,24,28)(H,25,27)(H,26,29)(H,30,31). The minimum Gasteiger partial charge on any atom is -0.480 e. The van der Waals surface area contributed by atoms with E-state index in [9.17, 15) is 24.3 Å². The Labute approximate surface area is 192 Å². The van der Waals surface area contributed by atoms with Crippen LogP contribution in [0.5, 0.6) is 0 Å². The number of imidazole rings is 1. The Kier molecular flexibility index (Phi) is 11.8. The number of rotatable bonds is 14. The molecule has 0 saturated carbocycles. The molecule has 1 aromatic rings. The fourth-order valence-corrected chi connectivity index (χ4v) is 3.32. The predicted octanol–water partition coefficient (Wildman–Crippen LogP) is -0.362. The van der Waals surface area contributed by atoms with E-state index in [1.54, 1.807) is 13.1 Å². The minimum atomic E-state index is -1.13. The highest BCUT2D eigenvalue weighted by Gasteiger charge is 2.30. The van der Waals surface area contributed by atoms with Crippen LogP contribution in [0.25, 0.3) is 0 Å². The van der Waals surface area contributed by atoms with Gasteiger partial charge in [-0.25, -0.2) is 9.78 Å². The van der Waals surface area contributed by atoms with Crippen LogP contribution in [0.3, 0.4) is 0 Å². The average Bonchev–Trinajstić information content (AvgIpc) is 3.26. The van der Waals surface area contributed by atoms with E-state index in [-0.39, 0.29) is 12.3 Å². The van der Waals surface area contributed by atoms with Gasteiger partial charge in [-0.3, -0.25) is 14.4 Å². The van der Waals surface area contributed by atoms with Gasteiger partial charge in [-0.05, 0) is 31.3 Å². The SMILES string of the molecule is CCC(C)C(NC(=O)C(CCSC)NC(=O)C(C)NC(=O)C(N)Cc1cnc[nH]1)C(=O)O. The summed E-state index contributed by atoms with van der Waals surface area (Å²) in [6, 6.07) is -3.81. The molecule has 180 valence electrons. The molecule has 5 unspecified atom stereocenters. The second-order valence-corrected chi connectivity index (χ2v) is 8.66. The Morgan fingerprint density at radius 2 is 1.84 bits per heavy atom. The quantitative estimate of drug-likeness (QED) is 0.213. The number of carbonyl (C=O) groups is 4. The van der Waals surface area contributed by atoms with Gasteiger partial charge in [0, 0.05) is 18.3 Å². The van der Waals surface area contributed by atoms with Crippen molar-refractivity contribution < 1.29 is 24.3 Å². The average molecular weight is 471 g/mol. The molecular formula is C20H34N6O5S. The first-order valence-electron chi connectivity index (χ1n) is 10.5. The second kappa shape index (κ2) is 13.7. The van der Waals surface area contributed by atoms with E-state index in [4.69, 9.17) is 5.73 Å². The number of amides is 3. The number of aromatic nitrogens is 2. The molecule has 0 bridgehead atoms. The highest BCUT2D eigenvalue weighted by Crippen LogP contribution is 2.09. The lowest BCUT2D eigenvalue weighted by atomic mass is 9.98. The minimum absolute atomic E-state index is 0.227. The van der Waals surface area contributed by atoms with E-state index >= 15 is 0 Å². The Hall–Kier alpha value is -2.60. The topological polar surface area (TPSA) is 179 Å². The third-order valence-electron chi connectivity index (χ3n) is 5.10. The van der Waals surface area contributed by atoms with Crippen molar-refractivity contribution in [3.63, 3.8) is 0 Å². The zero-order valence-electron chi connectivity index (χ0n) is 18.9. The Balaban J connectivity index is 2.73. The van der Waals surface area contributed by atoms with Crippen LogP contribution in [0.2, 0.25) is 0 Å². The molecule has 0 aromatic carbocycles. The third-order valence-corrected chi connectivity index (χ3v) is 5.75. The van der Waals surface area contributed by atoms with Crippen molar-refractivity contribution in [1.82, 2.24) is 25.9 Å². The van der Waals surface area contributed by atoms with Crippen LogP contribution in [0.1, 0.15) is 39.3 Å². The number of nitrogens with one attached hydrogen (secondary N) is 4. The van der Waals surface area contributed by atoms with Gasteiger partial charge in [0.05, 0.1) is 12.4 Å². The molecule has 3 amide bonds. The van der Waals surface area contributed by atoms with Crippen molar-refractivity contribution in [2.45, 2.75) is 64.2 Å². The number of carboxylic acids is 1. The van der Waals surface area contributed by atoms with E-state index in [0.29, 0.717) is 24.3 Å². The van der Waals surface area contributed by atoms with Crippen LogP contribution < -0.4 is 21.7 Å². The fraction of sp³-hybridized carbons (Fsp3) is 0.650. The molecule has 0 aliphatic carbocycles. The number of carbonyl (C=O) groups excluding carboxylic acids is 3. The first-order chi connectivity index (χ1) is 15.1. The van der Waals surface area contributed by atoms with Gasteiger partial charge in [-0.1, -0.05) is 20.3 Å². The Morgan fingerprint density at radius 3 is 2.38 bits per heavy atom. The summed E-state index contributed by atoms with van der Waals surface area (Å²) in [6.07, 6.45) is 6.01. The summed E-state index contributed by atoms with van der Waals surface area (Å²) in [7, 11) is 0. The van der Waals surface area contributed by atoms with Gasteiger partial charge in [0.25, 0.3) is 0 Å². The molecule has 0 radical (unpaired) electrons. The number of nitrogens with zero attached hydrogens (tertiary/aromatic N) is 1. The molecule has 12 heteroatoms. The van der Waals surface area contributed by atoms with Gasteiger partial charge in [0.1, 0.15) is 18.1 Å². The first kappa shape index (κ1) is 27.4. The highest BCUT2D eigenvalue weighted by molar-refractivity contribution is 7.98. The Bertz CT molecular complexity index is 760. The first-order valence-corrected chi connectivity index (χ1v) is 11.9. The molecule has 1 rings (SSSR count). The van der Waals surface area contributed by atoms with Crippen LogP contribution in [0, 0.1) is 5.92 Å². The van der Waals surface area contributed by atoms with Crippen molar-refractivity contribution in [1.29, 1.82) is 0 Å². The highest BCUT2D eigenvalue weighted by atomic mass is 32.2. The summed E-state index contributed by atoms with van der Waals surface area (Å²) in [6.45, 7) is 5.05. The predicted molar refractivity (Wildman–Crippen MR) is 122 cm³/mol.